The summed E-state index contributed by atoms with van der Waals surface area (Å²) in [6.07, 6.45) is 1.58. The number of rotatable bonds is 8. The summed E-state index contributed by atoms with van der Waals surface area (Å²) in [6, 6.07) is -0.118. The number of hydrogen-bond acceptors (Lipinski definition) is 3. The summed E-state index contributed by atoms with van der Waals surface area (Å²) in [6.45, 7) is 6.14. The molecule has 2 unspecified atom stereocenters. The van der Waals surface area contributed by atoms with Crippen molar-refractivity contribution in [2.24, 2.45) is 17.6 Å². The highest BCUT2D eigenvalue weighted by Crippen LogP contribution is 2.05. The first-order valence-corrected chi connectivity index (χ1v) is 6.09. The van der Waals surface area contributed by atoms with Crippen LogP contribution in [-0.4, -0.2) is 29.6 Å². The summed E-state index contributed by atoms with van der Waals surface area (Å²) in [4.78, 5) is 22.0. The predicted octanol–water partition coefficient (Wildman–Crippen LogP) is 0.977. The van der Waals surface area contributed by atoms with Gasteiger partial charge in [-0.3, -0.25) is 9.59 Å². The Bertz CT molecular complexity index is 254. The Morgan fingerprint density at radius 1 is 1.29 bits per heavy atom. The van der Waals surface area contributed by atoms with Crippen molar-refractivity contribution in [3.05, 3.63) is 0 Å². The molecular formula is C12H24N2O3. The maximum atomic E-state index is 11.4. The quantitative estimate of drug-likeness (QED) is 0.555. The van der Waals surface area contributed by atoms with E-state index in [-0.39, 0.29) is 23.8 Å². The number of aliphatic carboxylic acids is 1. The van der Waals surface area contributed by atoms with Crippen molar-refractivity contribution >= 4 is 11.9 Å². The molecule has 0 aliphatic carbocycles. The number of amides is 1. The summed E-state index contributed by atoms with van der Waals surface area (Å²) in [5, 5.41) is 11.4. The summed E-state index contributed by atoms with van der Waals surface area (Å²) < 4.78 is 0. The lowest BCUT2D eigenvalue weighted by Gasteiger charge is -2.15. The van der Waals surface area contributed by atoms with Crippen molar-refractivity contribution < 1.29 is 14.7 Å². The first kappa shape index (κ1) is 15.9. The van der Waals surface area contributed by atoms with Gasteiger partial charge in [-0.1, -0.05) is 20.8 Å². The van der Waals surface area contributed by atoms with E-state index in [1.807, 2.05) is 13.8 Å². The molecule has 4 N–H and O–H groups in total. The van der Waals surface area contributed by atoms with Gasteiger partial charge in [0.1, 0.15) is 0 Å². The van der Waals surface area contributed by atoms with E-state index in [1.165, 1.54) is 0 Å². The zero-order valence-corrected chi connectivity index (χ0v) is 10.9. The first-order chi connectivity index (χ1) is 7.84. The molecule has 5 nitrogen and oxygen atoms in total. The average molecular weight is 244 g/mol. The van der Waals surface area contributed by atoms with E-state index in [9.17, 15) is 9.59 Å². The molecule has 0 saturated carbocycles. The van der Waals surface area contributed by atoms with Crippen LogP contribution in [0, 0.1) is 11.8 Å². The fourth-order valence-electron chi connectivity index (χ4n) is 1.28. The van der Waals surface area contributed by atoms with Crippen molar-refractivity contribution in [3.8, 4) is 0 Å². The van der Waals surface area contributed by atoms with Crippen LogP contribution in [0.15, 0.2) is 0 Å². The summed E-state index contributed by atoms with van der Waals surface area (Å²) >= 11 is 0. The van der Waals surface area contributed by atoms with Gasteiger partial charge in [-0.15, -0.1) is 0 Å². The smallest absolute Gasteiger partial charge is 0.306 e. The molecule has 100 valence electrons. The van der Waals surface area contributed by atoms with Gasteiger partial charge in [-0.05, 0) is 18.8 Å². The summed E-state index contributed by atoms with van der Waals surface area (Å²) in [5.74, 6) is -0.926. The largest absolute Gasteiger partial charge is 0.481 e. The topological polar surface area (TPSA) is 92.4 Å². The molecule has 0 bridgehead atoms. The van der Waals surface area contributed by atoms with Crippen molar-refractivity contribution in [1.82, 2.24) is 5.32 Å². The minimum Gasteiger partial charge on any atom is -0.481 e. The van der Waals surface area contributed by atoms with Crippen molar-refractivity contribution in [2.75, 3.05) is 6.54 Å². The third-order valence-corrected chi connectivity index (χ3v) is 2.84. The standard InChI is InChI=1S/C12H24N2O3/c1-8(2)10(13)7-11(15)14-6-4-5-9(3)12(16)17/h8-10H,4-7,13H2,1-3H3,(H,14,15)(H,16,17). The van der Waals surface area contributed by atoms with Crippen LogP contribution >= 0.6 is 0 Å². The minimum atomic E-state index is -0.793. The molecule has 5 heteroatoms. The lowest BCUT2D eigenvalue weighted by Crippen LogP contribution is -2.35. The van der Waals surface area contributed by atoms with Crippen LogP contribution in [-0.2, 0) is 9.59 Å². The molecule has 0 aliphatic rings. The van der Waals surface area contributed by atoms with E-state index >= 15 is 0 Å². The minimum absolute atomic E-state index is 0.0609. The number of carbonyl (C=O) groups is 2. The zero-order chi connectivity index (χ0) is 13.4. The highest BCUT2D eigenvalue weighted by Gasteiger charge is 2.13. The molecular weight excluding hydrogens is 220 g/mol. The fourth-order valence-corrected chi connectivity index (χ4v) is 1.28. The number of carboxylic acid groups (broad SMARTS) is 1. The van der Waals surface area contributed by atoms with Crippen molar-refractivity contribution in [3.63, 3.8) is 0 Å². The maximum absolute atomic E-state index is 11.4. The molecule has 0 aromatic carbocycles. The average Bonchev–Trinajstić information content (AvgIpc) is 2.23. The molecule has 0 saturated heterocycles. The summed E-state index contributed by atoms with van der Waals surface area (Å²) in [7, 11) is 0. The molecule has 0 aromatic heterocycles. The lowest BCUT2D eigenvalue weighted by molar-refractivity contribution is -0.141. The van der Waals surface area contributed by atoms with E-state index in [2.05, 4.69) is 5.32 Å². The first-order valence-electron chi connectivity index (χ1n) is 6.09. The van der Waals surface area contributed by atoms with Gasteiger partial charge in [0.2, 0.25) is 5.91 Å². The molecule has 0 heterocycles. The molecule has 1 amide bonds. The van der Waals surface area contributed by atoms with E-state index in [0.29, 0.717) is 25.8 Å². The maximum Gasteiger partial charge on any atom is 0.306 e. The van der Waals surface area contributed by atoms with Crippen LogP contribution in [0.5, 0.6) is 0 Å². The SMILES string of the molecule is CC(CCCNC(=O)CC(N)C(C)C)C(=O)O. The Labute approximate surface area is 103 Å². The molecule has 0 aromatic rings. The Kier molecular flexibility index (Phi) is 7.54. The van der Waals surface area contributed by atoms with Crippen LogP contribution in [0.25, 0.3) is 0 Å². The predicted molar refractivity (Wildman–Crippen MR) is 66.5 cm³/mol. The highest BCUT2D eigenvalue weighted by atomic mass is 16.4. The van der Waals surface area contributed by atoms with Crippen molar-refractivity contribution in [2.45, 2.75) is 46.1 Å². The Morgan fingerprint density at radius 3 is 2.35 bits per heavy atom. The Morgan fingerprint density at radius 2 is 1.88 bits per heavy atom. The van der Waals surface area contributed by atoms with Gasteiger partial charge in [-0.2, -0.15) is 0 Å². The van der Waals surface area contributed by atoms with Crippen LogP contribution in [0.3, 0.4) is 0 Å². The van der Waals surface area contributed by atoms with Gasteiger partial charge in [0, 0.05) is 19.0 Å². The number of nitrogens with one attached hydrogen (secondary N) is 1. The van der Waals surface area contributed by atoms with Gasteiger partial charge in [0.05, 0.1) is 5.92 Å². The molecule has 0 spiro atoms. The molecule has 0 radical (unpaired) electrons. The second kappa shape index (κ2) is 8.06. The number of carboxylic acids is 1. The van der Waals surface area contributed by atoms with Gasteiger partial charge in [0.25, 0.3) is 0 Å². The Balaban J connectivity index is 3.62. The highest BCUT2D eigenvalue weighted by molar-refractivity contribution is 5.76. The molecule has 0 aliphatic heterocycles. The van der Waals surface area contributed by atoms with Gasteiger partial charge in [-0.25, -0.2) is 0 Å². The normalized spacial score (nSPS) is 14.4. The van der Waals surface area contributed by atoms with E-state index in [0.717, 1.165) is 0 Å². The van der Waals surface area contributed by atoms with E-state index in [1.54, 1.807) is 6.92 Å². The molecule has 17 heavy (non-hydrogen) atoms. The van der Waals surface area contributed by atoms with E-state index < -0.39 is 5.97 Å². The number of hydrogen-bond donors (Lipinski definition) is 3. The van der Waals surface area contributed by atoms with Gasteiger partial charge >= 0.3 is 5.97 Å². The van der Waals surface area contributed by atoms with Crippen LogP contribution in [0.1, 0.15) is 40.0 Å². The fraction of sp³-hybridized carbons (Fsp3) is 0.833. The van der Waals surface area contributed by atoms with Crippen LogP contribution in [0.4, 0.5) is 0 Å². The lowest BCUT2D eigenvalue weighted by atomic mass is 10.0. The molecule has 0 rings (SSSR count). The van der Waals surface area contributed by atoms with E-state index in [4.69, 9.17) is 10.8 Å². The second-order valence-electron chi connectivity index (χ2n) is 4.84. The second-order valence-corrected chi connectivity index (χ2v) is 4.84. The summed E-state index contributed by atoms with van der Waals surface area (Å²) in [5.41, 5.74) is 5.77. The third kappa shape index (κ3) is 7.74. The third-order valence-electron chi connectivity index (χ3n) is 2.84. The van der Waals surface area contributed by atoms with Crippen LogP contribution < -0.4 is 11.1 Å². The van der Waals surface area contributed by atoms with Crippen molar-refractivity contribution in [1.29, 1.82) is 0 Å². The monoisotopic (exact) mass is 244 g/mol. The number of carbonyl (C=O) groups excluding carboxylic acids is 1. The van der Waals surface area contributed by atoms with Gasteiger partial charge in [0.15, 0.2) is 0 Å². The Hall–Kier alpha value is -1.10. The molecule has 2 atom stereocenters. The van der Waals surface area contributed by atoms with Crippen LogP contribution in [0.2, 0.25) is 0 Å². The molecule has 0 fully saturated rings. The zero-order valence-electron chi connectivity index (χ0n) is 10.9. The number of nitrogens with two attached hydrogens (primary N) is 1. The van der Waals surface area contributed by atoms with Gasteiger partial charge < -0.3 is 16.2 Å².